The lowest BCUT2D eigenvalue weighted by Crippen LogP contribution is -2.45. The van der Waals surface area contributed by atoms with Crippen molar-refractivity contribution < 1.29 is 9.59 Å². The molecule has 22 heavy (non-hydrogen) atoms. The van der Waals surface area contributed by atoms with Gasteiger partial charge in [0.1, 0.15) is 11.9 Å². The number of carbonyl (C=O) groups is 2. The van der Waals surface area contributed by atoms with Crippen LogP contribution in [0.1, 0.15) is 37.2 Å². The second kappa shape index (κ2) is 5.36. The summed E-state index contributed by atoms with van der Waals surface area (Å²) in [5.41, 5.74) is 1.26. The van der Waals surface area contributed by atoms with Crippen LogP contribution in [0.4, 0.5) is 0 Å². The lowest BCUT2D eigenvalue weighted by Gasteiger charge is -2.25. The molecule has 1 saturated heterocycles. The number of carbonyl (C=O) groups excluding carboxylic acids is 2. The largest absolute Gasteiger partial charge is 0.295 e. The zero-order valence-corrected chi connectivity index (χ0v) is 12.5. The number of amides is 2. The number of hydrogen-bond donors (Lipinski definition) is 1. The molecule has 0 saturated carbocycles. The van der Waals surface area contributed by atoms with Crippen molar-refractivity contribution in [2.75, 3.05) is 0 Å². The molecule has 6 nitrogen and oxygen atoms in total. The molecular formula is C16H17N3O3. The molecule has 2 amide bonds. The molecule has 0 aliphatic carbocycles. The van der Waals surface area contributed by atoms with Gasteiger partial charge in [0.2, 0.25) is 11.8 Å². The molecule has 1 N–H and O–H groups in total. The molecule has 1 unspecified atom stereocenters. The maximum atomic E-state index is 12.9. The predicted octanol–water partition coefficient (Wildman–Crippen LogP) is 1.25. The van der Waals surface area contributed by atoms with Crippen LogP contribution in [-0.4, -0.2) is 21.4 Å². The summed E-state index contributed by atoms with van der Waals surface area (Å²) >= 11 is 0. The van der Waals surface area contributed by atoms with Crippen molar-refractivity contribution in [3.05, 3.63) is 39.9 Å². The molecule has 2 heterocycles. The Bertz CT molecular complexity index is 838. The van der Waals surface area contributed by atoms with Crippen molar-refractivity contribution in [1.29, 1.82) is 0 Å². The molecule has 114 valence electrons. The van der Waals surface area contributed by atoms with E-state index in [1.807, 2.05) is 26.0 Å². The van der Waals surface area contributed by atoms with E-state index in [0.717, 1.165) is 5.56 Å². The Morgan fingerprint density at radius 3 is 2.77 bits per heavy atom. The lowest BCUT2D eigenvalue weighted by molar-refractivity contribution is -0.135. The maximum absolute atomic E-state index is 12.9. The lowest BCUT2D eigenvalue weighted by atomic mass is 10.0. The summed E-state index contributed by atoms with van der Waals surface area (Å²) in [4.78, 5) is 40.9. The summed E-state index contributed by atoms with van der Waals surface area (Å²) < 4.78 is 1.46. The van der Waals surface area contributed by atoms with E-state index in [4.69, 9.17) is 0 Å². The van der Waals surface area contributed by atoms with Crippen LogP contribution in [0.25, 0.3) is 10.9 Å². The average Bonchev–Trinajstić information content (AvgIpc) is 2.48. The zero-order chi connectivity index (χ0) is 15.9. The van der Waals surface area contributed by atoms with Gasteiger partial charge in [0.15, 0.2) is 0 Å². The Morgan fingerprint density at radius 2 is 2.09 bits per heavy atom. The quantitative estimate of drug-likeness (QED) is 0.846. The third kappa shape index (κ3) is 2.20. The highest BCUT2D eigenvalue weighted by Gasteiger charge is 2.31. The highest BCUT2D eigenvalue weighted by Crippen LogP contribution is 2.21. The first-order valence-corrected chi connectivity index (χ1v) is 7.37. The van der Waals surface area contributed by atoms with Crippen molar-refractivity contribution in [2.45, 2.75) is 39.2 Å². The van der Waals surface area contributed by atoms with E-state index in [-0.39, 0.29) is 17.9 Å². The molecule has 2 aromatic rings. The fraction of sp³-hybridized carbons (Fsp3) is 0.375. The van der Waals surface area contributed by atoms with E-state index in [9.17, 15) is 14.4 Å². The Morgan fingerprint density at radius 1 is 1.32 bits per heavy atom. The van der Waals surface area contributed by atoms with Crippen LogP contribution in [0.5, 0.6) is 0 Å². The highest BCUT2D eigenvalue weighted by molar-refractivity contribution is 5.99. The Hall–Kier alpha value is -2.50. The number of aromatic nitrogens is 2. The fourth-order valence-corrected chi connectivity index (χ4v) is 2.95. The fourth-order valence-electron chi connectivity index (χ4n) is 2.95. The number of aryl methyl sites for hydroxylation is 2. The Labute approximate surface area is 127 Å². The topological polar surface area (TPSA) is 81.1 Å². The van der Waals surface area contributed by atoms with Crippen molar-refractivity contribution in [3.63, 3.8) is 0 Å². The van der Waals surface area contributed by atoms with Crippen LogP contribution in [0.3, 0.4) is 0 Å². The van der Waals surface area contributed by atoms with Crippen LogP contribution in [-0.2, 0) is 16.0 Å². The molecule has 0 spiro atoms. The normalized spacial score (nSPS) is 18.5. The molecular weight excluding hydrogens is 282 g/mol. The van der Waals surface area contributed by atoms with Crippen molar-refractivity contribution in [2.24, 2.45) is 0 Å². The molecule has 1 atom stereocenters. The highest BCUT2D eigenvalue weighted by atomic mass is 16.2. The van der Waals surface area contributed by atoms with Gasteiger partial charge in [-0.05, 0) is 25.0 Å². The van der Waals surface area contributed by atoms with Crippen LogP contribution >= 0.6 is 0 Å². The first kappa shape index (κ1) is 14.4. The predicted molar refractivity (Wildman–Crippen MR) is 81.5 cm³/mol. The molecule has 1 fully saturated rings. The van der Waals surface area contributed by atoms with Crippen molar-refractivity contribution in [3.8, 4) is 0 Å². The van der Waals surface area contributed by atoms with Crippen LogP contribution in [0, 0.1) is 6.92 Å². The number of nitrogens with zero attached hydrogens (tertiary/aromatic N) is 2. The van der Waals surface area contributed by atoms with Gasteiger partial charge in [-0.15, -0.1) is 0 Å². The van der Waals surface area contributed by atoms with E-state index in [1.54, 1.807) is 6.07 Å². The van der Waals surface area contributed by atoms with E-state index >= 15 is 0 Å². The number of piperidine rings is 1. The minimum atomic E-state index is -0.670. The Balaban J connectivity index is 2.26. The van der Waals surface area contributed by atoms with Crippen molar-refractivity contribution >= 4 is 22.7 Å². The third-order valence-corrected chi connectivity index (χ3v) is 4.05. The number of hydrogen-bond acceptors (Lipinski definition) is 4. The van der Waals surface area contributed by atoms with Gasteiger partial charge < -0.3 is 0 Å². The van der Waals surface area contributed by atoms with Gasteiger partial charge in [-0.25, -0.2) is 4.98 Å². The second-order valence-corrected chi connectivity index (χ2v) is 5.49. The van der Waals surface area contributed by atoms with Crippen molar-refractivity contribution in [1.82, 2.24) is 14.9 Å². The number of nitrogens with one attached hydrogen (secondary N) is 1. The molecule has 6 heteroatoms. The molecule has 0 bridgehead atoms. The first-order valence-electron chi connectivity index (χ1n) is 7.37. The van der Waals surface area contributed by atoms with Gasteiger partial charge in [-0.2, -0.15) is 0 Å². The summed E-state index contributed by atoms with van der Waals surface area (Å²) in [6.07, 6.45) is 1.10. The van der Waals surface area contributed by atoms with E-state index < -0.39 is 11.9 Å². The summed E-state index contributed by atoms with van der Waals surface area (Å²) in [5.74, 6) is -0.155. The molecule has 1 aliphatic rings. The van der Waals surface area contributed by atoms with E-state index in [2.05, 4.69) is 10.3 Å². The van der Waals surface area contributed by atoms with Gasteiger partial charge in [-0.1, -0.05) is 19.1 Å². The van der Waals surface area contributed by atoms with Gasteiger partial charge in [0.25, 0.3) is 5.56 Å². The van der Waals surface area contributed by atoms with Gasteiger partial charge in [0.05, 0.1) is 10.9 Å². The smallest absolute Gasteiger partial charge is 0.262 e. The molecule has 3 rings (SSSR count). The van der Waals surface area contributed by atoms with E-state index in [1.165, 1.54) is 4.57 Å². The zero-order valence-electron chi connectivity index (χ0n) is 12.5. The SMILES string of the molecule is CCc1nc2cccc(C)c2c(=O)n1C1CCC(=O)NC1=O. The second-order valence-electron chi connectivity index (χ2n) is 5.49. The maximum Gasteiger partial charge on any atom is 0.262 e. The first-order chi connectivity index (χ1) is 10.5. The number of fused-ring (bicyclic) bond motifs is 1. The summed E-state index contributed by atoms with van der Waals surface area (Å²) in [6, 6.07) is 4.85. The molecule has 1 aliphatic heterocycles. The molecule has 0 radical (unpaired) electrons. The molecule has 1 aromatic heterocycles. The summed E-state index contributed by atoms with van der Waals surface area (Å²) in [7, 11) is 0. The average molecular weight is 299 g/mol. The van der Waals surface area contributed by atoms with Gasteiger partial charge >= 0.3 is 0 Å². The van der Waals surface area contributed by atoms with E-state index in [0.29, 0.717) is 29.6 Å². The minimum Gasteiger partial charge on any atom is -0.295 e. The summed E-state index contributed by atoms with van der Waals surface area (Å²) in [6.45, 7) is 3.75. The monoisotopic (exact) mass is 299 g/mol. The van der Waals surface area contributed by atoms with Crippen LogP contribution in [0.15, 0.2) is 23.0 Å². The Kier molecular flexibility index (Phi) is 3.52. The molecule has 1 aromatic carbocycles. The number of imide groups is 1. The van der Waals surface area contributed by atoms with Gasteiger partial charge in [0, 0.05) is 12.8 Å². The van der Waals surface area contributed by atoms with Crippen LogP contribution < -0.4 is 10.9 Å². The summed E-state index contributed by atoms with van der Waals surface area (Å²) in [5, 5.41) is 2.84. The number of rotatable bonds is 2. The minimum absolute atomic E-state index is 0.213. The standard InChI is InChI=1S/C16H17N3O3/c1-3-12-17-10-6-4-5-9(2)14(10)16(22)19(12)11-7-8-13(20)18-15(11)21/h4-6,11H,3,7-8H2,1-2H3,(H,18,20,21). The third-order valence-electron chi connectivity index (χ3n) is 4.05. The number of benzene rings is 1. The van der Waals surface area contributed by atoms with Crippen LogP contribution in [0.2, 0.25) is 0 Å². The van der Waals surface area contributed by atoms with Gasteiger partial charge in [-0.3, -0.25) is 24.3 Å².